The van der Waals surface area contributed by atoms with Crippen LogP contribution in [-0.4, -0.2) is 31.4 Å². The van der Waals surface area contributed by atoms with Crippen molar-refractivity contribution in [2.75, 3.05) is 20.6 Å². The highest BCUT2D eigenvalue weighted by atomic mass is 15.1. The lowest BCUT2D eigenvalue weighted by atomic mass is 10.3. The molecule has 1 heterocycles. The Bertz CT molecular complexity index is 107. The lowest BCUT2D eigenvalue weighted by Gasteiger charge is -2.09. The third-order valence-electron chi connectivity index (χ3n) is 1.37. The van der Waals surface area contributed by atoms with Crippen molar-refractivity contribution in [1.82, 2.24) is 11.1 Å². The molecule has 0 fully saturated rings. The van der Waals surface area contributed by atoms with Crippen LogP contribution < -0.4 is 6.15 Å². The van der Waals surface area contributed by atoms with Crippen LogP contribution >= 0.6 is 0 Å². The van der Waals surface area contributed by atoms with Crippen LogP contribution in [0.5, 0.6) is 0 Å². The van der Waals surface area contributed by atoms with E-state index in [1.54, 1.807) is 0 Å². The fourth-order valence-electron chi connectivity index (χ4n) is 0.889. The lowest BCUT2D eigenvalue weighted by Crippen LogP contribution is -2.18. The smallest absolute Gasteiger partial charge is 0.0984 e. The molecule has 1 aliphatic rings. The Balaban J connectivity index is 0.000000640. The minimum atomic E-state index is 0. The molecule has 0 atom stereocenters. The predicted molar refractivity (Wildman–Crippen MR) is 40.2 cm³/mol. The number of nitrogens with zero attached hydrogens (tertiary/aromatic N) is 2. The first-order valence-electron chi connectivity index (χ1n) is 3.01. The number of aliphatic imine (C=N–C) groups is 1. The average molecular weight is 129 g/mol. The predicted octanol–water partition coefficient (Wildman–Crippen LogP) is 0.902. The molecule has 1 aliphatic heterocycles. The number of amidine groups is 1. The van der Waals surface area contributed by atoms with Crippen LogP contribution in [0.15, 0.2) is 4.99 Å². The molecule has 3 nitrogen and oxygen atoms in total. The second-order valence-corrected chi connectivity index (χ2v) is 2.30. The quantitative estimate of drug-likeness (QED) is 0.528. The number of hydrogen-bond acceptors (Lipinski definition) is 3. The van der Waals surface area contributed by atoms with Crippen LogP contribution in [0.3, 0.4) is 0 Å². The summed E-state index contributed by atoms with van der Waals surface area (Å²) in [6.07, 6.45) is 2.42. The minimum absolute atomic E-state index is 0. The van der Waals surface area contributed by atoms with E-state index in [1.165, 1.54) is 18.7 Å². The van der Waals surface area contributed by atoms with Gasteiger partial charge in [0.05, 0.1) is 5.84 Å². The Hall–Kier alpha value is -0.570. The molecule has 0 unspecified atom stereocenters. The van der Waals surface area contributed by atoms with Crippen molar-refractivity contribution in [2.45, 2.75) is 12.8 Å². The molecular formula is C6H15N3. The zero-order valence-electron chi connectivity index (χ0n) is 6.22. The molecule has 0 aromatic heterocycles. The van der Waals surface area contributed by atoms with Crippen molar-refractivity contribution in [1.29, 1.82) is 0 Å². The van der Waals surface area contributed by atoms with Crippen molar-refractivity contribution >= 4 is 5.84 Å². The highest BCUT2D eigenvalue weighted by molar-refractivity contribution is 5.83. The molecule has 0 spiro atoms. The highest BCUT2D eigenvalue weighted by Crippen LogP contribution is 2.04. The van der Waals surface area contributed by atoms with Crippen LogP contribution in [0.1, 0.15) is 12.8 Å². The summed E-state index contributed by atoms with van der Waals surface area (Å²) in [5.74, 6) is 1.25. The highest BCUT2D eigenvalue weighted by Gasteiger charge is 2.05. The lowest BCUT2D eigenvalue weighted by molar-refractivity contribution is 0.611. The largest absolute Gasteiger partial charge is 0.366 e. The molecule has 1 rings (SSSR count). The Morgan fingerprint density at radius 3 is 2.33 bits per heavy atom. The zero-order valence-corrected chi connectivity index (χ0v) is 6.22. The standard InChI is InChI=1S/C6H12N2.H3N/c1-8(2)6-4-3-5-7-6;/h3-5H2,1-2H3;1H3. The van der Waals surface area contributed by atoms with Crippen LogP contribution in [-0.2, 0) is 0 Å². The van der Waals surface area contributed by atoms with Gasteiger partial charge in [-0.3, -0.25) is 4.99 Å². The van der Waals surface area contributed by atoms with Gasteiger partial charge in [-0.15, -0.1) is 0 Å². The summed E-state index contributed by atoms with van der Waals surface area (Å²) in [7, 11) is 4.09. The third kappa shape index (κ3) is 2.01. The molecule has 0 bridgehead atoms. The SMILES string of the molecule is CN(C)C1=NCCC1.N. The van der Waals surface area contributed by atoms with E-state index in [-0.39, 0.29) is 6.15 Å². The van der Waals surface area contributed by atoms with Crippen LogP contribution in [0.4, 0.5) is 0 Å². The van der Waals surface area contributed by atoms with E-state index in [2.05, 4.69) is 9.89 Å². The summed E-state index contributed by atoms with van der Waals surface area (Å²) in [4.78, 5) is 6.37. The van der Waals surface area contributed by atoms with Gasteiger partial charge in [-0.1, -0.05) is 0 Å². The molecule has 0 saturated heterocycles. The van der Waals surface area contributed by atoms with Gasteiger partial charge < -0.3 is 11.1 Å². The van der Waals surface area contributed by atoms with Crippen LogP contribution in [0, 0.1) is 0 Å². The summed E-state index contributed by atoms with van der Waals surface area (Å²) in [5, 5.41) is 0. The second kappa shape index (κ2) is 3.45. The van der Waals surface area contributed by atoms with E-state index < -0.39 is 0 Å². The average Bonchev–Trinajstić information content (AvgIpc) is 2.12. The minimum Gasteiger partial charge on any atom is -0.366 e. The van der Waals surface area contributed by atoms with Crippen molar-refractivity contribution in [2.24, 2.45) is 4.99 Å². The zero-order chi connectivity index (χ0) is 5.98. The Labute approximate surface area is 56.3 Å². The molecule has 3 heteroatoms. The number of hydrogen-bond donors (Lipinski definition) is 1. The maximum Gasteiger partial charge on any atom is 0.0984 e. The van der Waals surface area contributed by atoms with Crippen molar-refractivity contribution in [3.05, 3.63) is 0 Å². The topological polar surface area (TPSA) is 50.6 Å². The summed E-state index contributed by atoms with van der Waals surface area (Å²) >= 11 is 0. The maximum absolute atomic E-state index is 4.28. The Morgan fingerprint density at radius 1 is 1.44 bits per heavy atom. The van der Waals surface area contributed by atoms with Crippen molar-refractivity contribution in [3.8, 4) is 0 Å². The molecule has 0 aromatic rings. The van der Waals surface area contributed by atoms with Crippen molar-refractivity contribution in [3.63, 3.8) is 0 Å². The monoisotopic (exact) mass is 129 g/mol. The van der Waals surface area contributed by atoms with Gasteiger partial charge in [0.2, 0.25) is 0 Å². The van der Waals surface area contributed by atoms with Crippen LogP contribution in [0.2, 0.25) is 0 Å². The van der Waals surface area contributed by atoms with Crippen LogP contribution in [0.25, 0.3) is 0 Å². The van der Waals surface area contributed by atoms with Gasteiger partial charge in [0, 0.05) is 27.1 Å². The second-order valence-electron chi connectivity index (χ2n) is 2.30. The molecule has 0 aliphatic carbocycles. The first-order valence-corrected chi connectivity index (χ1v) is 3.01. The van der Waals surface area contributed by atoms with E-state index in [1.807, 2.05) is 14.1 Å². The van der Waals surface area contributed by atoms with Gasteiger partial charge >= 0.3 is 0 Å². The molecule has 0 radical (unpaired) electrons. The molecule has 3 N–H and O–H groups in total. The fourth-order valence-corrected chi connectivity index (χ4v) is 0.889. The molecular weight excluding hydrogens is 114 g/mol. The summed E-state index contributed by atoms with van der Waals surface area (Å²) in [6.45, 7) is 1.04. The van der Waals surface area contributed by atoms with Gasteiger partial charge in [-0.2, -0.15) is 0 Å². The molecule has 0 amide bonds. The molecule has 0 saturated carbocycles. The van der Waals surface area contributed by atoms with Gasteiger partial charge in [-0.25, -0.2) is 0 Å². The third-order valence-corrected chi connectivity index (χ3v) is 1.37. The van der Waals surface area contributed by atoms with Gasteiger partial charge in [0.15, 0.2) is 0 Å². The van der Waals surface area contributed by atoms with E-state index in [0.717, 1.165) is 6.54 Å². The summed E-state index contributed by atoms with van der Waals surface area (Å²) in [6, 6.07) is 0. The maximum atomic E-state index is 4.28. The molecule has 0 aromatic carbocycles. The summed E-state index contributed by atoms with van der Waals surface area (Å²) in [5.41, 5.74) is 0. The first kappa shape index (κ1) is 8.43. The fraction of sp³-hybridized carbons (Fsp3) is 0.833. The van der Waals surface area contributed by atoms with E-state index >= 15 is 0 Å². The summed E-state index contributed by atoms with van der Waals surface area (Å²) < 4.78 is 0. The number of rotatable bonds is 0. The van der Waals surface area contributed by atoms with E-state index in [9.17, 15) is 0 Å². The first-order chi connectivity index (χ1) is 3.80. The van der Waals surface area contributed by atoms with Crippen molar-refractivity contribution < 1.29 is 0 Å². The Morgan fingerprint density at radius 2 is 2.11 bits per heavy atom. The van der Waals surface area contributed by atoms with Gasteiger partial charge in [0.1, 0.15) is 0 Å². The van der Waals surface area contributed by atoms with E-state index in [0.29, 0.717) is 0 Å². The van der Waals surface area contributed by atoms with Gasteiger partial charge in [0.25, 0.3) is 0 Å². The van der Waals surface area contributed by atoms with E-state index in [4.69, 9.17) is 0 Å². The Kier molecular flexibility index (Phi) is 3.24. The normalized spacial score (nSPS) is 16.4. The molecule has 54 valence electrons. The molecule has 9 heavy (non-hydrogen) atoms. The van der Waals surface area contributed by atoms with Gasteiger partial charge in [-0.05, 0) is 6.42 Å².